The van der Waals surface area contributed by atoms with Gasteiger partial charge in [-0.25, -0.2) is 4.98 Å². The molecule has 1 heterocycles. The highest BCUT2D eigenvalue weighted by molar-refractivity contribution is 5.09. The zero-order valence-corrected chi connectivity index (χ0v) is 6.50. The Morgan fingerprint density at radius 2 is 2.10 bits per heavy atom. The summed E-state index contributed by atoms with van der Waals surface area (Å²) in [4.78, 5) is 4.03. The third-order valence-corrected chi connectivity index (χ3v) is 1.39. The highest BCUT2D eigenvalue weighted by Gasteiger charge is 2.04. The average Bonchev–Trinajstić information content (AvgIpc) is 1.88. The summed E-state index contributed by atoms with van der Waals surface area (Å²) >= 11 is 0. The smallest absolute Gasteiger partial charge is 0.138 e. The second-order valence-electron chi connectivity index (χ2n) is 2.59. The molecule has 0 atom stereocenters. The molecule has 0 aliphatic carbocycles. The van der Waals surface area contributed by atoms with Crippen LogP contribution in [0, 0.1) is 6.92 Å². The van der Waals surface area contributed by atoms with Gasteiger partial charge in [0.15, 0.2) is 0 Å². The molecule has 54 valence electrons. The van der Waals surface area contributed by atoms with Crippen molar-refractivity contribution in [3.8, 4) is 0 Å². The SMILES string of the molecule is Cc1ncnnc1C(C)C. The first-order chi connectivity index (χ1) is 4.72. The predicted molar refractivity (Wildman–Crippen MR) is 38.7 cm³/mol. The van der Waals surface area contributed by atoms with Crippen LogP contribution in [0.5, 0.6) is 0 Å². The molecule has 1 aromatic rings. The van der Waals surface area contributed by atoms with Crippen molar-refractivity contribution >= 4 is 0 Å². The van der Waals surface area contributed by atoms with E-state index < -0.39 is 0 Å². The van der Waals surface area contributed by atoms with E-state index in [0.29, 0.717) is 5.92 Å². The van der Waals surface area contributed by atoms with Crippen LogP contribution in [0.3, 0.4) is 0 Å². The number of hydrogen-bond donors (Lipinski definition) is 0. The van der Waals surface area contributed by atoms with Crippen molar-refractivity contribution in [2.75, 3.05) is 0 Å². The minimum absolute atomic E-state index is 0.418. The van der Waals surface area contributed by atoms with Gasteiger partial charge < -0.3 is 0 Å². The molecule has 0 aromatic carbocycles. The summed E-state index contributed by atoms with van der Waals surface area (Å²) in [5.74, 6) is 0.418. The number of hydrogen-bond acceptors (Lipinski definition) is 3. The van der Waals surface area contributed by atoms with Gasteiger partial charge in [0.1, 0.15) is 6.33 Å². The van der Waals surface area contributed by atoms with Gasteiger partial charge in [-0.3, -0.25) is 0 Å². The third kappa shape index (κ3) is 1.29. The van der Waals surface area contributed by atoms with Gasteiger partial charge in [0, 0.05) is 0 Å². The van der Waals surface area contributed by atoms with Gasteiger partial charge in [-0.1, -0.05) is 13.8 Å². The topological polar surface area (TPSA) is 38.7 Å². The van der Waals surface area contributed by atoms with Crippen LogP contribution in [0.2, 0.25) is 0 Å². The molecule has 0 saturated heterocycles. The summed E-state index contributed by atoms with van der Waals surface area (Å²) < 4.78 is 0. The Labute approximate surface area is 60.5 Å². The Hall–Kier alpha value is -0.990. The van der Waals surface area contributed by atoms with E-state index in [9.17, 15) is 0 Å². The van der Waals surface area contributed by atoms with Crippen LogP contribution in [0.1, 0.15) is 31.2 Å². The fraction of sp³-hybridized carbons (Fsp3) is 0.571. The van der Waals surface area contributed by atoms with E-state index in [4.69, 9.17) is 0 Å². The second-order valence-corrected chi connectivity index (χ2v) is 2.59. The van der Waals surface area contributed by atoms with Gasteiger partial charge in [0.25, 0.3) is 0 Å². The molecule has 0 aliphatic heterocycles. The van der Waals surface area contributed by atoms with E-state index >= 15 is 0 Å². The molecule has 1 rings (SSSR count). The fourth-order valence-electron chi connectivity index (χ4n) is 0.872. The Kier molecular flexibility index (Phi) is 1.94. The van der Waals surface area contributed by atoms with Crippen molar-refractivity contribution in [1.29, 1.82) is 0 Å². The standard InChI is InChI=1S/C7H11N3/c1-5(2)7-6(3)8-4-9-10-7/h4-5H,1-3H3. The van der Waals surface area contributed by atoms with Crippen molar-refractivity contribution in [3.63, 3.8) is 0 Å². The third-order valence-electron chi connectivity index (χ3n) is 1.39. The first-order valence-corrected chi connectivity index (χ1v) is 3.36. The molecule has 0 radical (unpaired) electrons. The molecule has 3 nitrogen and oxygen atoms in total. The molecule has 0 aliphatic rings. The number of rotatable bonds is 1. The fourth-order valence-corrected chi connectivity index (χ4v) is 0.872. The van der Waals surface area contributed by atoms with E-state index in [1.54, 1.807) is 0 Å². The lowest BCUT2D eigenvalue weighted by Crippen LogP contribution is -2.00. The molecule has 1 aromatic heterocycles. The first-order valence-electron chi connectivity index (χ1n) is 3.36. The zero-order valence-electron chi connectivity index (χ0n) is 6.50. The van der Waals surface area contributed by atoms with Gasteiger partial charge >= 0.3 is 0 Å². The van der Waals surface area contributed by atoms with Gasteiger partial charge in [-0.2, -0.15) is 5.10 Å². The first kappa shape index (κ1) is 7.12. The summed E-state index contributed by atoms with van der Waals surface area (Å²) in [6, 6.07) is 0. The maximum Gasteiger partial charge on any atom is 0.138 e. The van der Waals surface area contributed by atoms with Crippen LogP contribution in [0.25, 0.3) is 0 Å². The molecule has 0 unspecified atom stereocenters. The van der Waals surface area contributed by atoms with E-state index in [2.05, 4.69) is 29.0 Å². The lowest BCUT2D eigenvalue weighted by Gasteiger charge is -2.03. The molecular weight excluding hydrogens is 126 g/mol. The normalized spacial score (nSPS) is 10.4. The van der Waals surface area contributed by atoms with Crippen LogP contribution >= 0.6 is 0 Å². The van der Waals surface area contributed by atoms with Gasteiger partial charge in [0.05, 0.1) is 11.4 Å². The second kappa shape index (κ2) is 2.73. The van der Waals surface area contributed by atoms with Crippen molar-refractivity contribution < 1.29 is 0 Å². The van der Waals surface area contributed by atoms with Crippen molar-refractivity contribution in [2.24, 2.45) is 0 Å². The molecule has 0 spiro atoms. The molecule has 0 bridgehead atoms. The van der Waals surface area contributed by atoms with E-state index in [-0.39, 0.29) is 0 Å². The maximum atomic E-state index is 4.03. The largest absolute Gasteiger partial charge is 0.238 e. The van der Waals surface area contributed by atoms with Crippen LogP contribution in [-0.2, 0) is 0 Å². The van der Waals surface area contributed by atoms with Crippen LogP contribution in [0.15, 0.2) is 6.33 Å². The van der Waals surface area contributed by atoms with E-state index in [0.717, 1.165) is 11.4 Å². The lowest BCUT2D eigenvalue weighted by molar-refractivity contribution is 0.750. The molecule has 0 saturated carbocycles. The Morgan fingerprint density at radius 3 is 2.50 bits per heavy atom. The molecule has 3 heteroatoms. The minimum Gasteiger partial charge on any atom is -0.238 e. The monoisotopic (exact) mass is 137 g/mol. The summed E-state index contributed by atoms with van der Waals surface area (Å²) in [6.45, 7) is 6.11. The summed E-state index contributed by atoms with van der Waals surface area (Å²) in [7, 11) is 0. The Bertz CT molecular complexity index is 220. The van der Waals surface area contributed by atoms with E-state index in [1.165, 1.54) is 6.33 Å². The summed E-state index contributed by atoms with van der Waals surface area (Å²) in [5, 5.41) is 7.67. The lowest BCUT2D eigenvalue weighted by atomic mass is 10.1. The molecule has 0 N–H and O–H groups in total. The summed E-state index contributed by atoms with van der Waals surface area (Å²) in [5.41, 5.74) is 1.97. The Morgan fingerprint density at radius 1 is 1.40 bits per heavy atom. The highest BCUT2D eigenvalue weighted by Crippen LogP contribution is 2.11. The summed E-state index contributed by atoms with van der Waals surface area (Å²) in [6.07, 6.45) is 1.47. The van der Waals surface area contributed by atoms with Crippen molar-refractivity contribution in [2.45, 2.75) is 26.7 Å². The van der Waals surface area contributed by atoms with Gasteiger partial charge in [-0.05, 0) is 12.8 Å². The van der Waals surface area contributed by atoms with Crippen molar-refractivity contribution in [3.05, 3.63) is 17.7 Å². The molecular formula is C7H11N3. The number of aromatic nitrogens is 3. The van der Waals surface area contributed by atoms with E-state index in [1.807, 2.05) is 6.92 Å². The van der Waals surface area contributed by atoms with Crippen LogP contribution in [-0.4, -0.2) is 15.2 Å². The molecule has 0 fully saturated rings. The van der Waals surface area contributed by atoms with Crippen LogP contribution in [0.4, 0.5) is 0 Å². The Balaban J connectivity index is 3.03. The molecule has 0 amide bonds. The predicted octanol–water partition coefficient (Wildman–Crippen LogP) is 1.30. The minimum atomic E-state index is 0.418. The average molecular weight is 137 g/mol. The molecule has 10 heavy (non-hydrogen) atoms. The maximum absolute atomic E-state index is 4.03. The van der Waals surface area contributed by atoms with Crippen molar-refractivity contribution in [1.82, 2.24) is 15.2 Å². The zero-order chi connectivity index (χ0) is 7.56. The van der Waals surface area contributed by atoms with Gasteiger partial charge in [0.2, 0.25) is 0 Å². The van der Waals surface area contributed by atoms with Crippen LogP contribution < -0.4 is 0 Å². The number of aryl methyl sites for hydroxylation is 1. The van der Waals surface area contributed by atoms with Gasteiger partial charge in [-0.15, -0.1) is 5.10 Å². The number of nitrogens with zero attached hydrogens (tertiary/aromatic N) is 3. The quantitative estimate of drug-likeness (QED) is 0.585. The highest BCUT2D eigenvalue weighted by atomic mass is 15.1.